The number of nitrogens with zero attached hydrogens (tertiary/aromatic N) is 1. The van der Waals surface area contributed by atoms with Gasteiger partial charge in [-0.15, -0.1) is 0 Å². The molecule has 6 nitrogen and oxygen atoms in total. The van der Waals surface area contributed by atoms with Gasteiger partial charge < -0.3 is 24.8 Å². The van der Waals surface area contributed by atoms with E-state index in [0.717, 1.165) is 33.7 Å². The molecule has 0 bridgehead atoms. The lowest BCUT2D eigenvalue weighted by Crippen LogP contribution is -2.52. The molecule has 0 aromatic heterocycles. The van der Waals surface area contributed by atoms with E-state index in [9.17, 15) is 14.3 Å². The summed E-state index contributed by atoms with van der Waals surface area (Å²) in [4.78, 5) is 14.7. The van der Waals surface area contributed by atoms with Gasteiger partial charge in [-0.3, -0.25) is 4.79 Å². The Hall–Kier alpha value is -4.17. The first kappa shape index (κ1) is 30.8. The number of carbonyl (C=O) groups excluding carboxylic acids is 1. The SMILES string of the molecule is COc1cc(O)ccc1-c1ccc2c(c1COc1cc(F)ccc1C)N(C)C(=O)C(C)(C)N2.Cc1ccccc1CS. The number of thiol groups is 1. The standard InChI is InChI=1S/C26H27FN2O4.C8H10S/c1-15-6-7-16(27)12-22(15)33-14-20-18(19-9-8-17(30)13-23(19)32-5)10-11-21-24(20)29(4)25(31)26(2,3)28-21;1-7-4-2-3-5-8(7)6-9/h6-13,28,30H,14H2,1-5H3;2-5,9H,6H2,1H3. The van der Waals surface area contributed by atoms with E-state index >= 15 is 0 Å². The smallest absolute Gasteiger partial charge is 0.251 e. The Labute approximate surface area is 252 Å². The highest BCUT2D eigenvalue weighted by atomic mass is 32.1. The quantitative estimate of drug-likeness (QED) is 0.202. The van der Waals surface area contributed by atoms with Crippen molar-refractivity contribution in [2.24, 2.45) is 0 Å². The highest BCUT2D eigenvalue weighted by Gasteiger charge is 2.38. The lowest BCUT2D eigenvalue weighted by atomic mass is 9.91. The summed E-state index contributed by atoms with van der Waals surface area (Å²) in [5.41, 5.74) is 6.40. The molecule has 4 aromatic carbocycles. The predicted octanol–water partition coefficient (Wildman–Crippen LogP) is 7.69. The minimum absolute atomic E-state index is 0.0810. The van der Waals surface area contributed by atoms with Crippen molar-refractivity contribution in [1.29, 1.82) is 0 Å². The fourth-order valence-electron chi connectivity index (χ4n) is 5.00. The number of methoxy groups -OCH3 is 1. The number of phenolic OH excluding ortho intramolecular Hbond substituents is 1. The van der Waals surface area contributed by atoms with Crippen LogP contribution in [0.5, 0.6) is 17.2 Å². The number of amides is 1. The average Bonchev–Trinajstić information content (AvgIpc) is 2.96. The number of nitrogens with one attached hydrogen (secondary N) is 1. The topological polar surface area (TPSA) is 71.0 Å². The Morgan fingerprint density at radius 1 is 0.952 bits per heavy atom. The van der Waals surface area contributed by atoms with Gasteiger partial charge in [0, 0.05) is 36.1 Å². The van der Waals surface area contributed by atoms with Gasteiger partial charge in [0.15, 0.2) is 0 Å². The second-order valence-corrected chi connectivity index (χ2v) is 11.1. The van der Waals surface area contributed by atoms with Gasteiger partial charge >= 0.3 is 0 Å². The molecule has 4 aromatic rings. The molecule has 0 radical (unpaired) electrons. The first-order valence-corrected chi connectivity index (χ1v) is 14.2. The number of fused-ring (bicyclic) bond motifs is 1. The van der Waals surface area contributed by atoms with E-state index in [1.807, 2.05) is 45.0 Å². The molecule has 2 N–H and O–H groups in total. The van der Waals surface area contributed by atoms with Gasteiger partial charge in [-0.1, -0.05) is 36.4 Å². The first-order valence-electron chi connectivity index (χ1n) is 13.6. The fraction of sp³-hybridized carbons (Fsp3) is 0.265. The van der Waals surface area contributed by atoms with Crippen LogP contribution in [0.2, 0.25) is 0 Å². The molecule has 1 amide bonds. The number of anilines is 2. The van der Waals surface area contributed by atoms with Gasteiger partial charge in [0.2, 0.25) is 0 Å². The van der Waals surface area contributed by atoms with Crippen LogP contribution >= 0.6 is 12.6 Å². The molecule has 0 aliphatic carbocycles. The van der Waals surface area contributed by atoms with Crippen molar-refractivity contribution in [2.75, 3.05) is 24.4 Å². The number of aryl methyl sites for hydroxylation is 2. The summed E-state index contributed by atoms with van der Waals surface area (Å²) < 4.78 is 25.4. The number of hydrogen-bond acceptors (Lipinski definition) is 6. The number of phenols is 1. The van der Waals surface area contributed by atoms with Crippen LogP contribution in [0.1, 0.15) is 36.1 Å². The molecule has 0 saturated carbocycles. The number of ether oxygens (including phenoxy) is 2. The van der Waals surface area contributed by atoms with Gasteiger partial charge in [-0.2, -0.15) is 12.6 Å². The lowest BCUT2D eigenvalue weighted by Gasteiger charge is -2.39. The van der Waals surface area contributed by atoms with Crippen LogP contribution in [-0.4, -0.2) is 30.7 Å². The number of benzene rings is 4. The summed E-state index contributed by atoms with van der Waals surface area (Å²) in [6, 6.07) is 21.4. The third-order valence-corrected chi connectivity index (χ3v) is 7.67. The third kappa shape index (κ3) is 6.49. The lowest BCUT2D eigenvalue weighted by molar-refractivity contribution is -0.121. The first-order chi connectivity index (χ1) is 20.0. The van der Waals surface area contributed by atoms with Crippen LogP contribution in [0, 0.1) is 19.7 Å². The zero-order valence-electron chi connectivity index (χ0n) is 24.8. The predicted molar refractivity (Wildman–Crippen MR) is 171 cm³/mol. The molecule has 1 aliphatic rings. The van der Waals surface area contributed by atoms with Crippen LogP contribution in [0.25, 0.3) is 11.1 Å². The van der Waals surface area contributed by atoms with Crippen LogP contribution in [0.4, 0.5) is 15.8 Å². The summed E-state index contributed by atoms with van der Waals surface area (Å²) in [6.45, 7) is 7.70. The highest BCUT2D eigenvalue weighted by molar-refractivity contribution is 7.79. The molecule has 0 atom stereocenters. The minimum atomic E-state index is -0.767. The number of aromatic hydroxyl groups is 1. The molecule has 1 aliphatic heterocycles. The van der Waals surface area contributed by atoms with Crippen molar-refractivity contribution in [3.05, 3.63) is 101 Å². The van der Waals surface area contributed by atoms with E-state index in [1.165, 1.54) is 36.4 Å². The molecule has 0 fully saturated rings. The van der Waals surface area contributed by atoms with Crippen LogP contribution in [0.15, 0.2) is 72.8 Å². The zero-order chi connectivity index (χ0) is 30.6. The maximum absolute atomic E-state index is 13.8. The van der Waals surface area contributed by atoms with Crippen molar-refractivity contribution in [3.8, 4) is 28.4 Å². The summed E-state index contributed by atoms with van der Waals surface area (Å²) in [6.07, 6.45) is 0. The minimum Gasteiger partial charge on any atom is -0.508 e. The molecule has 0 unspecified atom stereocenters. The zero-order valence-corrected chi connectivity index (χ0v) is 25.7. The maximum atomic E-state index is 13.8. The Balaban J connectivity index is 0.000000385. The van der Waals surface area contributed by atoms with Crippen molar-refractivity contribution in [1.82, 2.24) is 0 Å². The second kappa shape index (κ2) is 12.8. The number of likely N-dealkylation sites (N-methyl/N-ethyl adjacent to an activating group) is 1. The van der Waals surface area contributed by atoms with Crippen molar-refractivity contribution in [3.63, 3.8) is 0 Å². The van der Waals surface area contributed by atoms with Gasteiger partial charge in [0.25, 0.3) is 5.91 Å². The van der Waals surface area contributed by atoms with E-state index < -0.39 is 5.54 Å². The van der Waals surface area contributed by atoms with E-state index in [4.69, 9.17) is 9.47 Å². The van der Waals surface area contributed by atoms with E-state index in [2.05, 4.69) is 37.0 Å². The Kier molecular flexibility index (Phi) is 9.36. The van der Waals surface area contributed by atoms with Crippen molar-refractivity contribution >= 4 is 29.9 Å². The van der Waals surface area contributed by atoms with Crippen molar-refractivity contribution in [2.45, 2.75) is 45.6 Å². The molecule has 0 spiro atoms. The third-order valence-electron chi connectivity index (χ3n) is 7.33. The fourth-order valence-corrected chi connectivity index (χ4v) is 5.35. The number of rotatable bonds is 6. The van der Waals surface area contributed by atoms with Crippen molar-refractivity contribution < 1.29 is 23.8 Å². The van der Waals surface area contributed by atoms with E-state index in [0.29, 0.717) is 17.2 Å². The summed E-state index contributed by atoms with van der Waals surface area (Å²) in [7, 11) is 3.27. The number of carbonyl (C=O) groups is 1. The largest absolute Gasteiger partial charge is 0.508 e. The molecule has 220 valence electrons. The summed E-state index contributed by atoms with van der Waals surface area (Å²) >= 11 is 4.18. The van der Waals surface area contributed by atoms with Gasteiger partial charge in [0.1, 0.15) is 35.2 Å². The molecule has 8 heteroatoms. The van der Waals surface area contributed by atoms with Gasteiger partial charge in [-0.05, 0) is 74.2 Å². The molecule has 1 heterocycles. The van der Waals surface area contributed by atoms with E-state index in [-0.39, 0.29) is 24.1 Å². The summed E-state index contributed by atoms with van der Waals surface area (Å²) in [5, 5.41) is 13.2. The molecule has 0 saturated heterocycles. The normalized spacial score (nSPS) is 13.4. The van der Waals surface area contributed by atoms with Gasteiger partial charge in [0.05, 0.1) is 18.5 Å². The Morgan fingerprint density at radius 2 is 1.67 bits per heavy atom. The van der Waals surface area contributed by atoms with Crippen LogP contribution in [-0.2, 0) is 17.2 Å². The Morgan fingerprint density at radius 3 is 2.33 bits per heavy atom. The van der Waals surface area contributed by atoms with E-state index in [1.54, 1.807) is 30.1 Å². The second-order valence-electron chi connectivity index (χ2n) is 10.8. The van der Waals surface area contributed by atoms with Crippen LogP contribution in [0.3, 0.4) is 0 Å². The van der Waals surface area contributed by atoms with Crippen LogP contribution < -0.4 is 19.7 Å². The average molecular weight is 589 g/mol. The monoisotopic (exact) mass is 588 g/mol. The maximum Gasteiger partial charge on any atom is 0.251 e. The Bertz CT molecular complexity index is 1600. The molecular formula is C34H37FN2O4S. The number of halogens is 1. The summed E-state index contributed by atoms with van der Waals surface area (Å²) in [5.74, 6) is 1.35. The molecule has 5 rings (SSSR count). The molecule has 42 heavy (non-hydrogen) atoms. The highest BCUT2D eigenvalue weighted by Crippen LogP contribution is 2.45. The van der Waals surface area contributed by atoms with Gasteiger partial charge in [-0.25, -0.2) is 4.39 Å². The number of hydrogen-bond donors (Lipinski definition) is 3. The molecular weight excluding hydrogens is 551 g/mol.